The highest BCUT2D eigenvalue weighted by atomic mass is 16.5. The van der Waals surface area contributed by atoms with Crippen LogP contribution in [0.25, 0.3) is 10.8 Å². The van der Waals surface area contributed by atoms with E-state index in [0.29, 0.717) is 46.0 Å². The number of ether oxygens (including phenoxy) is 2. The average molecular weight is 683 g/mol. The Morgan fingerprint density at radius 1 is 0.660 bits per heavy atom. The second-order valence-corrected chi connectivity index (χ2v) is 12.6. The van der Waals surface area contributed by atoms with Crippen LogP contribution in [0, 0.1) is 0 Å². The van der Waals surface area contributed by atoms with Crippen molar-refractivity contribution in [2.24, 2.45) is 0 Å². The number of carboxylic acid groups (broad SMARTS) is 1. The summed E-state index contributed by atoms with van der Waals surface area (Å²) in [5.74, 6) is -0.765. The molecule has 0 aromatic heterocycles. The van der Waals surface area contributed by atoms with Gasteiger partial charge in [-0.3, -0.25) is 14.4 Å². The van der Waals surface area contributed by atoms with E-state index >= 15 is 0 Å². The predicted octanol–water partition coefficient (Wildman–Crippen LogP) is 10.5. The van der Waals surface area contributed by atoms with Gasteiger partial charge in [-0.15, -0.1) is 0 Å². The topological polar surface area (TPSA) is 134 Å². The van der Waals surface area contributed by atoms with Gasteiger partial charge in [-0.25, -0.2) is 0 Å². The van der Waals surface area contributed by atoms with Crippen molar-refractivity contribution in [2.75, 3.05) is 17.2 Å². The van der Waals surface area contributed by atoms with Crippen molar-refractivity contribution in [1.82, 2.24) is 0 Å². The normalized spacial score (nSPS) is 10.9. The Hall–Kier alpha value is -5.05. The SMILES string of the molecule is CCCCCCCCCCCCCCOc1ccccc1NC(=O)c1cc(Oc2ccc(NC(=O)CCC(=O)O)cc2)c2ccccc2c1O. The highest BCUT2D eigenvalue weighted by molar-refractivity contribution is 6.11. The number of anilines is 2. The molecule has 0 bridgehead atoms. The van der Waals surface area contributed by atoms with Crippen LogP contribution < -0.4 is 20.1 Å². The fourth-order valence-corrected chi connectivity index (χ4v) is 5.77. The molecular weight excluding hydrogens is 632 g/mol. The Balaban J connectivity index is 1.33. The summed E-state index contributed by atoms with van der Waals surface area (Å²) in [4.78, 5) is 36.3. The molecule has 0 aliphatic rings. The van der Waals surface area contributed by atoms with E-state index in [1.165, 1.54) is 70.3 Å². The van der Waals surface area contributed by atoms with E-state index in [2.05, 4.69) is 17.6 Å². The molecule has 50 heavy (non-hydrogen) atoms. The predicted molar refractivity (Wildman–Crippen MR) is 199 cm³/mol. The molecule has 9 nitrogen and oxygen atoms in total. The minimum absolute atomic E-state index is 0.0387. The van der Waals surface area contributed by atoms with Gasteiger partial charge in [0, 0.05) is 22.9 Å². The number of benzene rings is 4. The number of nitrogens with one attached hydrogen (secondary N) is 2. The molecule has 4 aromatic carbocycles. The van der Waals surface area contributed by atoms with Gasteiger partial charge in [-0.05, 0) is 48.9 Å². The Morgan fingerprint density at radius 3 is 1.92 bits per heavy atom. The first-order chi connectivity index (χ1) is 24.4. The summed E-state index contributed by atoms with van der Waals surface area (Å²) in [6.45, 7) is 2.80. The van der Waals surface area contributed by atoms with E-state index in [4.69, 9.17) is 14.6 Å². The van der Waals surface area contributed by atoms with Crippen molar-refractivity contribution in [3.8, 4) is 23.0 Å². The number of amides is 2. The van der Waals surface area contributed by atoms with Gasteiger partial charge in [0.2, 0.25) is 5.91 Å². The number of phenolic OH excluding ortho intramolecular Hbond substituents is 1. The largest absolute Gasteiger partial charge is 0.506 e. The Labute approximate surface area is 295 Å². The van der Waals surface area contributed by atoms with Crippen molar-refractivity contribution in [3.63, 3.8) is 0 Å². The van der Waals surface area contributed by atoms with Crippen molar-refractivity contribution in [2.45, 2.75) is 96.8 Å². The van der Waals surface area contributed by atoms with E-state index in [0.717, 1.165) is 12.8 Å². The molecule has 0 saturated carbocycles. The number of phenols is 1. The average Bonchev–Trinajstić information content (AvgIpc) is 3.12. The number of fused-ring (bicyclic) bond motifs is 1. The fourth-order valence-electron chi connectivity index (χ4n) is 5.77. The molecule has 0 fully saturated rings. The van der Waals surface area contributed by atoms with Crippen molar-refractivity contribution < 1.29 is 34.1 Å². The minimum Gasteiger partial charge on any atom is -0.506 e. The summed E-state index contributed by atoms with van der Waals surface area (Å²) in [5.41, 5.74) is 1.03. The summed E-state index contributed by atoms with van der Waals surface area (Å²) >= 11 is 0. The van der Waals surface area contributed by atoms with Crippen LogP contribution in [0.5, 0.6) is 23.0 Å². The molecule has 0 saturated heterocycles. The fraction of sp³-hybridized carbons (Fsp3) is 0.390. The molecule has 4 rings (SSSR count). The second-order valence-electron chi connectivity index (χ2n) is 12.6. The lowest BCUT2D eigenvalue weighted by molar-refractivity contribution is -0.138. The van der Waals surface area contributed by atoms with Crippen molar-refractivity contribution in [1.29, 1.82) is 0 Å². The van der Waals surface area contributed by atoms with Crippen LogP contribution >= 0.6 is 0 Å². The molecule has 0 aliphatic heterocycles. The smallest absolute Gasteiger partial charge is 0.303 e. The van der Waals surface area contributed by atoms with Crippen molar-refractivity contribution in [3.05, 3.63) is 84.4 Å². The van der Waals surface area contributed by atoms with Crippen LogP contribution in [0.2, 0.25) is 0 Å². The van der Waals surface area contributed by atoms with Gasteiger partial charge in [0.25, 0.3) is 5.91 Å². The molecule has 2 amide bonds. The number of aliphatic carboxylic acids is 1. The first-order valence-corrected chi connectivity index (χ1v) is 17.9. The standard InChI is InChI=1S/C41H50N2O7/c1-2-3-4-5-6-7-8-9-10-11-12-17-28-49-36-21-16-15-20-35(36)43-41(48)34-29-37(32-18-13-14-19-33(32)40(34)47)50-31-24-22-30(23-25-31)42-38(44)26-27-39(45)46/h13-16,18-25,29,47H,2-12,17,26-28H2,1H3,(H,42,44)(H,43,48)(H,45,46). The summed E-state index contributed by atoms with van der Waals surface area (Å²) < 4.78 is 12.2. The summed E-state index contributed by atoms with van der Waals surface area (Å²) in [6.07, 6.45) is 14.8. The third-order valence-electron chi connectivity index (χ3n) is 8.55. The number of hydrogen-bond acceptors (Lipinski definition) is 6. The van der Waals surface area contributed by atoms with Crippen LogP contribution in [0.15, 0.2) is 78.9 Å². The van der Waals surface area contributed by atoms with Crippen LogP contribution in [-0.2, 0) is 9.59 Å². The van der Waals surface area contributed by atoms with Gasteiger partial charge in [0.15, 0.2) is 0 Å². The zero-order chi connectivity index (χ0) is 35.6. The van der Waals surface area contributed by atoms with E-state index in [1.807, 2.05) is 24.3 Å². The number of carboxylic acids is 1. The third kappa shape index (κ3) is 12.1. The van der Waals surface area contributed by atoms with Gasteiger partial charge in [-0.1, -0.05) is 114 Å². The number of para-hydroxylation sites is 2. The van der Waals surface area contributed by atoms with E-state index in [9.17, 15) is 19.5 Å². The molecule has 266 valence electrons. The molecule has 0 radical (unpaired) electrons. The number of carbonyl (C=O) groups excluding carboxylic acids is 2. The highest BCUT2D eigenvalue weighted by Gasteiger charge is 2.20. The van der Waals surface area contributed by atoms with Gasteiger partial charge in [0.1, 0.15) is 23.0 Å². The zero-order valence-electron chi connectivity index (χ0n) is 29.0. The van der Waals surface area contributed by atoms with Crippen molar-refractivity contribution >= 4 is 39.9 Å². The van der Waals surface area contributed by atoms with Gasteiger partial charge >= 0.3 is 5.97 Å². The van der Waals surface area contributed by atoms with E-state index in [1.54, 1.807) is 48.5 Å². The lowest BCUT2D eigenvalue weighted by atomic mass is 10.0. The Kier molecular flexibility index (Phi) is 15.5. The van der Waals surface area contributed by atoms with E-state index < -0.39 is 17.8 Å². The molecule has 0 heterocycles. The first kappa shape index (κ1) is 37.8. The maximum Gasteiger partial charge on any atom is 0.303 e. The van der Waals surface area contributed by atoms with Crippen LogP contribution in [0.1, 0.15) is 107 Å². The molecule has 4 N–H and O–H groups in total. The molecule has 0 spiro atoms. The first-order valence-electron chi connectivity index (χ1n) is 17.9. The molecule has 4 aromatic rings. The maximum absolute atomic E-state index is 13.6. The van der Waals surface area contributed by atoms with Crippen LogP contribution in [0.4, 0.5) is 11.4 Å². The summed E-state index contributed by atoms with van der Waals surface area (Å²) in [5, 5.41) is 26.6. The molecule has 0 aliphatic carbocycles. The number of hydrogen-bond donors (Lipinski definition) is 4. The Bertz CT molecular complexity index is 1690. The molecule has 9 heteroatoms. The third-order valence-corrected chi connectivity index (χ3v) is 8.55. The summed E-state index contributed by atoms with van der Waals surface area (Å²) in [7, 11) is 0. The molecule has 0 atom stereocenters. The number of carbonyl (C=O) groups is 3. The quantitative estimate of drug-likeness (QED) is 0.0606. The lowest BCUT2D eigenvalue weighted by Crippen LogP contribution is -2.14. The second kappa shape index (κ2) is 20.5. The highest BCUT2D eigenvalue weighted by Crippen LogP contribution is 2.39. The zero-order valence-corrected chi connectivity index (χ0v) is 29.0. The van der Waals surface area contributed by atoms with Gasteiger partial charge in [-0.2, -0.15) is 0 Å². The molecule has 0 unspecified atom stereocenters. The van der Waals surface area contributed by atoms with Gasteiger partial charge < -0.3 is 30.3 Å². The van der Waals surface area contributed by atoms with Crippen LogP contribution in [0.3, 0.4) is 0 Å². The lowest BCUT2D eigenvalue weighted by Gasteiger charge is -2.16. The minimum atomic E-state index is -1.04. The maximum atomic E-state index is 13.6. The van der Waals surface area contributed by atoms with E-state index in [-0.39, 0.29) is 24.2 Å². The Morgan fingerprint density at radius 2 is 1.26 bits per heavy atom. The van der Waals surface area contributed by atoms with Crippen LogP contribution in [-0.4, -0.2) is 34.6 Å². The summed E-state index contributed by atoms with van der Waals surface area (Å²) in [6, 6.07) is 22.5. The van der Waals surface area contributed by atoms with Gasteiger partial charge in [0.05, 0.1) is 24.3 Å². The monoisotopic (exact) mass is 682 g/mol. The number of aromatic hydroxyl groups is 1. The number of rotatable bonds is 22. The number of unbranched alkanes of at least 4 members (excludes halogenated alkanes) is 11. The molecular formula is C41H50N2O7.